The normalized spacial score (nSPS) is 19.5. The van der Waals surface area contributed by atoms with Crippen molar-refractivity contribution >= 4 is 23.2 Å². The molecule has 104 valence electrons. The molecule has 1 aliphatic heterocycles. The van der Waals surface area contributed by atoms with Crippen molar-refractivity contribution in [3.05, 3.63) is 17.5 Å². The molecule has 2 heterocycles. The van der Waals surface area contributed by atoms with Crippen LogP contribution in [0.25, 0.3) is 0 Å². The Hall–Kier alpha value is -1.27. The summed E-state index contributed by atoms with van der Waals surface area (Å²) in [6.07, 6.45) is 0. The lowest BCUT2D eigenvalue weighted by molar-refractivity contribution is 0.138. The molecule has 2 rings (SSSR count). The fourth-order valence-electron chi connectivity index (χ4n) is 2.23. The maximum absolute atomic E-state index is 5.67. The van der Waals surface area contributed by atoms with Crippen LogP contribution in [0.2, 0.25) is 0 Å². The van der Waals surface area contributed by atoms with Crippen molar-refractivity contribution in [1.82, 2.24) is 14.9 Å². The number of aromatic nitrogens is 2. The summed E-state index contributed by atoms with van der Waals surface area (Å²) in [5.41, 5.74) is 7.32. The molecule has 0 amide bonds. The Bertz CT molecular complexity index is 500. The summed E-state index contributed by atoms with van der Waals surface area (Å²) in [6.45, 7) is 9.19. The van der Waals surface area contributed by atoms with E-state index in [4.69, 9.17) is 18.0 Å². The zero-order valence-corrected chi connectivity index (χ0v) is 12.8. The van der Waals surface area contributed by atoms with Crippen molar-refractivity contribution in [1.29, 1.82) is 0 Å². The lowest BCUT2D eigenvalue weighted by Gasteiger charge is -2.45. The summed E-state index contributed by atoms with van der Waals surface area (Å²) in [5, 5.41) is 0. The standard InChI is InChI=1S/C13H21N5S/c1-9-7-10(11(14)19)16-12(15-9)18-6-5-17(4)13(2,3)8-18/h7H,5-6,8H2,1-4H3,(H2,14,19). The van der Waals surface area contributed by atoms with E-state index in [2.05, 4.69) is 40.7 Å². The van der Waals surface area contributed by atoms with Crippen LogP contribution >= 0.6 is 12.2 Å². The highest BCUT2D eigenvalue weighted by Crippen LogP contribution is 2.22. The lowest BCUT2D eigenvalue weighted by atomic mass is 10.00. The van der Waals surface area contributed by atoms with E-state index < -0.39 is 0 Å². The van der Waals surface area contributed by atoms with E-state index in [0.717, 1.165) is 31.3 Å². The molecule has 0 aliphatic carbocycles. The highest BCUT2D eigenvalue weighted by molar-refractivity contribution is 7.80. The molecular formula is C13H21N5S. The van der Waals surface area contributed by atoms with Crippen LogP contribution in [0.5, 0.6) is 0 Å². The second kappa shape index (κ2) is 5.02. The third kappa shape index (κ3) is 3.01. The van der Waals surface area contributed by atoms with Crippen LogP contribution in [0.1, 0.15) is 25.2 Å². The quantitative estimate of drug-likeness (QED) is 0.814. The lowest BCUT2D eigenvalue weighted by Crippen LogP contribution is -2.58. The molecule has 0 atom stereocenters. The summed E-state index contributed by atoms with van der Waals surface area (Å²) < 4.78 is 0. The molecule has 0 spiro atoms. The number of thiocarbonyl (C=S) groups is 1. The molecule has 19 heavy (non-hydrogen) atoms. The third-order valence-electron chi connectivity index (χ3n) is 3.69. The Morgan fingerprint density at radius 2 is 2.05 bits per heavy atom. The highest BCUT2D eigenvalue weighted by Gasteiger charge is 2.32. The first-order valence-electron chi connectivity index (χ1n) is 6.41. The number of anilines is 1. The van der Waals surface area contributed by atoms with Gasteiger partial charge in [-0.25, -0.2) is 9.97 Å². The maximum atomic E-state index is 5.67. The Kier molecular flexibility index (Phi) is 3.73. The molecule has 0 bridgehead atoms. The summed E-state index contributed by atoms with van der Waals surface area (Å²) in [4.78, 5) is 13.9. The number of nitrogens with zero attached hydrogens (tertiary/aromatic N) is 4. The van der Waals surface area contributed by atoms with Crippen molar-refractivity contribution < 1.29 is 0 Å². The molecule has 1 aliphatic rings. The number of hydrogen-bond acceptors (Lipinski definition) is 5. The minimum Gasteiger partial charge on any atom is -0.388 e. The Morgan fingerprint density at radius 1 is 1.37 bits per heavy atom. The number of piperazine rings is 1. The zero-order chi connectivity index (χ0) is 14.2. The topological polar surface area (TPSA) is 58.3 Å². The molecule has 0 radical (unpaired) electrons. The molecule has 6 heteroatoms. The summed E-state index contributed by atoms with van der Waals surface area (Å²) in [6, 6.07) is 1.83. The second-order valence-corrected chi connectivity index (χ2v) is 6.15. The largest absolute Gasteiger partial charge is 0.388 e. The van der Waals surface area contributed by atoms with Crippen LogP contribution in [-0.4, -0.2) is 52.1 Å². The van der Waals surface area contributed by atoms with Crippen LogP contribution < -0.4 is 10.6 Å². The Morgan fingerprint density at radius 3 is 2.63 bits per heavy atom. The van der Waals surface area contributed by atoms with Gasteiger partial charge in [0, 0.05) is 30.9 Å². The molecule has 0 aromatic carbocycles. The second-order valence-electron chi connectivity index (χ2n) is 5.71. The van der Waals surface area contributed by atoms with Gasteiger partial charge in [0.1, 0.15) is 10.7 Å². The Balaban J connectivity index is 2.30. The number of likely N-dealkylation sites (N-methyl/N-ethyl adjacent to an activating group) is 1. The molecule has 1 saturated heterocycles. The average Bonchev–Trinajstić information content (AvgIpc) is 2.31. The van der Waals surface area contributed by atoms with Crippen molar-refractivity contribution in [2.75, 3.05) is 31.6 Å². The van der Waals surface area contributed by atoms with Crippen molar-refractivity contribution in [2.45, 2.75) is 26.3 Å². The van der Waals surface area contributed by atoms with Gasteiger partial charge in [0.05, 0.1) is 0 Å². The van der Waals surface area contributed by atoms with Crippen LogP contribution in [0, 0.1) is 6.92 Å². The fraction of sp³-hybridized carbons (Fsp3) is 0.615. The van der Waals surface area contributed by atoms with Gasteiger partial charge in [-0.15, -0.1) is 0 Å². The minimum atomic E-state index is 0.106. The van der Waals surface area contributed by atoms with Gasteiger partial charge >= 0.3 is 0 Å². The first-order valence-corrected chi connectivity index (χ1v) is 6.82. The van der Waals surface area contributed by atoms with Gasteiger partial charge in [-0.3, -0.25) is 4.90 Å². The van der Waals surface area contributed by atoms with Gasteiger partial charge in [-0.2, -0.15) is 0 Å². The van der Waals surface area contributed by atoms with Crippen LogP contribution in [0.4, 0.5) is 5.95 Å². The number of rotatable bonds is 2. The molecular weight excluding hydrogens is 258 g/mol. The van der Waals surface area contributed by atoms with Crippen LogP contribution in [-0.2, 0) is 0 Å². The van der Waals surface area contributed by atoms with Crippen LogP contribution in [0.3, 0.4) is 0 Å². The summed E-state index contributed by atoms with van der Waals surface area (Å²) >= 11 is 5.01. The minimum absolute atomic E-state index is 0.106. The predicted octanol–water partition coefficient (Wildman–Crippen LogP) is 0.950. The van der Waals surface area contributed by atoms with Crippen molar-refractivity contribution in [2.24, 2.45) is 5.73 Å². The van der Waals surface area contributed by atoms with Gasteiger partial charge in [0.2, 0.25) is 5.95 Å². The van der Waals surface area contributed by atoms with E-state index in [1.165, 1.54) is 0 Å². The van der Waals surface area contributed by atoms with E-state index in [0.29, 0.717) is 10.7 Å². The zero-order valence-electron chi connectivity index (χ0n) is 12.0. The molecule has 0 unspecified atom stereocenters. The Labute approximate surface area is 119 Å². The van der Waals surface area contributed by atoms with Gasteiger partial charge in [-0.1, -0.05) is 12.2 Å². The number of hydrogen-bond donors (Lipinski definition) is 1. The van der Waals surface area contributed by atoms with E-state index >= 15 is 0 Å². The molecule has 5 nitrogen and oxygen atoms in total. The van der Waals surface area contributed by atoms with Crippen molar-refractivity contribution in [3.63, 3.8) is 0 Å². The SMILES string of the molecule is Cc1cc(C(N)=S)nc(N2CCN(C)C(C)(C)C2)n1. The van der Waals surface area contributed by atoms with E-state index in [9.17, 15) is 0 Å². The first-order chi connectivity index (χ1) is 8.79. The maximum Gasteiger partial charge on any atom is 0.226 e. The van der Waals surface area contributed by atoms with Crippen LogP contribution in [0.15, 0.2) is 6.07 Å². The highest BCUT2D eigenvalue weighted by atomic mass is 32.1. The monoisotopic (exact) mass is 279 g/mol. The molecule has 0 saturated carbocycles. The van der Waals surface area contributed by atoms with E-state index in [1.807, 2.05) is 13.0 Å². The third-order valence-corrected chi connectivity index (χ3v) is 3.90. The number of aryl methyl sites for hydroxylation is 1. The predicted molar refractivity (Wildman–Crippen MR) is 81.6 cm³/mol. The van der Waals surface area contributed by atoms with E-state index in [-0.39, 0.29) is 5.54 Å². The average molecular weight is 279 g/mol. The summed E-state index contributed by atoms with van der Waals surface area (Å²) in [5.74, 6) is 0.726. The van der Waals surface area contributed by atoms with Gasteiger partial charge in [0.25, 0.3) is 0 Å². The van der Waals surface area contributed by atoms with Gasteiger partial charge in [0.15, 0.2) is 0 Å². The molecule has 1 aromatic rings. The number of nitrogens with two attached hydrogens (primary N) is 1. The van der Waals surface area contributed by atoms with Gasteiger partial charge < -0.3 is 10.6 Å². The van der Waals surface area contributed by atoms with E-state index in [1.54, 1.807) is 0 Å². The van der Waals surface area contributed by atoms with Crippen molar-refractivity contribution in [3.8, 4) is 0 Å². The molecule has 1 aromatic heterocycles. The first kappa shape index (κ1) is 14.1. The summed E-state index contributed by atoms with van der Waals surface area (Å²) in [7, 11) is 2.15. The smallest absolute Gasteiger partial charge is 0.226 e. The molecule has 1 fully saturated rings. The van der Waals surface area contributed by atoms with Gasteiger partial charge in [-0.05, 0) is 33.9 Å². The molecule has 2 N–H and O–H groups in total. The fourth-order valence-corrected chi connectivity index (χ4v) is 2.34.